The van der Waals surface area contributed by atoms with E-state index in [1.807, 2.05) is 12.1 Å². The highest BCUT2D eigenvalue weighted by atomic mass is 35.5. The fourth-order valence-corrected chi connectivity index (χ4v) is 5.06. The van der Waals surface area contributed by atoms with Gasteiger partial charge in [-0.3, -0.25) is 0 Å². The van der Waals surface area contributed by atoms with Crippen molar-refractivity contribution in [2.75, 3.05) is 19.6 Å². The lowest BCUT2D eigenvalue weighted by atomic mass is 10.0. The molecule has 1 aromatic rings. The second kappa shape index (κ2) is 8.85. The predicted octanol–water partition coefficient (Wildman–Crippen LogP) is 3.39. The van der Waals surface area contributed by atoms with Crippen LogP contribution in [0.5, 0.6) is 0 Å². The van der Waals surface area contributed by atoms with Crippen molar-refractivity contribution in [2.24, 2.45) is 5.92 Å². The molecule has 4 nitrogen and oxygen atoms in total. The molecule has 1 heterocycles. The molecule has 142 valence electrons. The summed E-state index contributed by atoms with van der Waals surface area (Å²) in [5.41, 5.74) is 2.40. The van der Waals surface area contributed by atoms with Crippen molar-refractivity contribution < 1.29 is 8.42 Å². The zero-order valence-electron chi connectivity index (χ0n) is 15.3. The van der Waals surface area contributed by atoms with Crippen LogP contribution < -0.4 is 5.32 Å². The van der Waals surface area contributed by atoms with E-state index in [0.29, 0.717) is 24.0 Å². The van der Waals surface area contributed by atoms with Crippen molar-refractivity contribution in [3.8, 4) is 0 Å². The zero-order chi connectivity index (χ0) is 17.2. The van der Waals surface area contributed by atoms with E-state index < -0.39 is 10.0 Å². The minimum Gasteiger partial charge on any atom is -0.314 e. The predicted molar refractivity (Wildman–Crippen MR) is 105 cm³/mol. The highest BCUT2D eigenvalue weighted by Crippen LogP contribution is 2.28. The third-order valence-electron chi connectivity index (χ3n) is 5.42. The number of benzene rings is 1. The molecule has 1 aliphatic carbocycles. The number of rotatable bonds is 7. The summed E-state index contributed by atoms with van der Waals surface area (Å²) in [5, 5.41) is 3.61. The summed E-state index contributed by atoms with van der Waals surface area (Å²) in [5.74, 6) is 0.872. The number of hydrogen-bond donors (Lipinski definition) is 1. The molecule has 2 aliphatic rings. The monoisotopic (exact) mass is 386 g/mol. The quantitative estimate of drug-likeness (QED) is 0.781. The molecule has 0 spiro atoms. The van der Waals surface area contributed by atoms with Gasteiger partial charge >= 0.3 is 0 Å². The smallest absolute Gasteiger partial charge is 0.243 e. The molecule has 1 N–H and O–H groups in total. The lowest BCUT2D eigenvalue weighted by Crippen LogP contribution is -2.45. The minimum atomic E-state index is -3.36. The van der Waals surface area contributed by atoms with Crippen LogP contribution in [0, 0.1) is 5.92 Å². The normalized spacial score (nSPS) is 19.6. The Bertz CT molecular complexity index is 666. The van der Waals surface area contributed by atoms with Crippen LogP contribution in [0.3, 0.4) is 0 Å². The van der Waals surface area contributed by atoms with Gasteiger partial charge in [0.15, 0.2) is 0 Å². The van der Waals surface area contributed by atoms with Crippen LogP contribution in [0.4, 0.5) is 0 Å². The van der Waals surface area contributed by atoms with Gasteiger partial charge in [-0.15, -0.1) is 12.4 Å². The van der Waals surface area contributed by atoms with Gasteiger partial charge in [0.2, 0.25) is 10.0 Å². The molecular weight excluding hydrogens is 356 g/mol. The van der Waals surface area contributed by atoms with Gasteiger partial charge in [-0.05, 0) is 74.2 Å². The van der Waals surface area contributed by atoms with Crippen molar-refractivity contribution in [3.63, 3.8) is 0 Å². The molecule has 0 radical (unpaired) electrons. The molecule has 2 fully saturated rings. The topological polar surface area (TPSA) is 49.4 Å². The molecule has 0 atom stereocenters. The van der Waals surface area contributed by atoms with Gasteiger partial charge in [0.1, 0.15) is 0 Å². The first kappa shape index (κ1) is 20.7. The van der Waals surface area contributed by atoms with E-state index in [-0.39, 0.29) is 12.4 Å². The Morgan fingerprint density at radius 2 is 1.68 bits per heavy atom. The Morgan fingerprint density at radius 1 is 1.04 bits per heavy atom. The van der Waals surface area contributed by atoms with Crippen molar-refractivity contribution in [2.45, 2.75) is 63.3 Å². The van der Waals surface area contributed by atoms with E-state index in [1.165, 1.54) is 18.4 Å². The van der Waals surface area contributed by atoms with Gasteiger partial charge in [0, 0.05) is 19.1 Å². The molecule has 0 unspecified atom stereocenters. The van der Waals surface area contributed by atoms with E-state index in [4.69, 9.17) is 0 Å². The summed E-state index contributed by atoms with van der Waals surface area (Å²) in [6.07, 6.45) is 6.36. The van der Waals surface area contributed by atoms with Crippen molar-refractivity contribution in [1.29, 1.82) is 0 Å². The molecule has 1 aliphatic heterocycles. The standard InChI is InChI=1S/C19H30N2O2S.ClH/c1-3-16-7-8-19(13-17(16)4-2)24(22,23)21-11-9-18(10-12-21)20-14-15-5-6-15;/h7-8,13,15,18,20H,3-6,9-12,14H2,1-2H3;1H. The van der Waals surface area contributed by atoms with E-state index in [0.717, 1.165) is 43.7 Å². The van der Waals surface area contributed by atoms with E-state index in [1.54, 1.807) is 10.4 Å². The molecule has 3 rings (SSSR count). The fraction of sp³-hybridized carbons (Fsp3) is 0.684. The van der Waals surface area contributed by atoms with Crippen LogP contribution in [0.1, 0.15) is 50.7 Å². The largest absolute Gasteiger partial charge is 0.314 e. The summed E-state index contributed by atoms with van der Waals surface area (Å²) in [6.45, 7) is 6.56. The van der Waals surface area contributed by atoms with Crippen LogP contribution in [0.15, 0.2) is 23.1 Å². The maximum Gasteiger partial charge on any atom is 0.243 e. The Balaban J connectivity index is 0.00000225. The second-order valence-corrected chi connectivity index (χ2v) is 9.11. The van der Waals surface area contributed by atoms with Gasteiger partial charge in [-0.25, -0.2) is 8.42 Å². The maximum absolute atomic E-state index is 12.9. The molecular formula is C19H31ClN2O2S. The van der Waals surface area contributed by atoms with Gasteiger partial charge in [-0.2, -0.15) is 4.31 Å². The summed E-state index contributed by atoms with van der Waals surface area (Å²) in [7, 11) is -3.36. The molecule has 0 bridgehead atoms. The van der Waals surface area contributed by atoms with Crippen LogP contribution in [-0.4, -0.2) is 38.4 Å². The number of aryl methyl sites for hydroxylation is 2. The van der Waals surface area contributed by atoms with Gasteiger partial charge in [0.25, 0.3) is 0 Å². The van der Waals surface area contributed by atoms with E-state index in [9.17, 15) is 8.42 Å². The third-order valence-corrected chi connectivity index (χ3v) is 7.32. The van der Waals surface area contributed by atoms with Crippen molar-refractivity contribution >= 4 is 22.4 Å². The molecule has 0 amide bonds. The first-order valence-electron chi connectivity index (χ1n) is 9.40. The summed E-state index contributed by atoms with van der Waals surface area (Å²) < 4.78 is 27.6. The van der Waals surface area contributed by atoms with Crippen LogP contribution in [0.25, 0.3) is 0 Å². The van der Waals surface area contributed by atoms with Crippen LogP contribution >= 0.6 is 12.4 Å². The second-order valence-electron chi connectivity index (χ2n) is 7.17. The lowest BCUT2D eigenvalue weighted by Gasteiger charge is -2.32. The average Bonchev–Trinajstić information content (AvgIpc) is 3.44. The summed E-state index contributed by atoms with van der Waals surface area (Å²) in [4.78, 5) is 0.459. The molecule has 1 aromatic carbocycles. The Hall–Kier alpha value is -0.620. The van der Waals surface area contributed by atoms with Gasteiger partial charge in [-0.1, -0.05) is 19.9 Å². The van der Waals surface area contributed by atoms with Gasteiger partial charge < -0.3 is 5.32 Å². The first-order valence-corrected chi connectivity index (χ1v) is 10.8. The molecule has 1 saturated heterocycles. The van der Waals surface area contributed by atoms with Crippen LogP contribution in [0.2, 0.25) is 0 Å². The van der Waals surface area contributed by atoms with E-state index in [2.05, 4.69) is 19.2 Å². The fourth-order valence-electron chi connectivity index (χ4n) is 3.54. The number of hydrogen-bond acceptors (Lipinski definition) is 3. The van der Waals surface area contributed by atoms with Crippen LogP contribution in [-0.2, 0) is 22.9 Å². The Labute approximate surface area is 158 Å². The number of sulfonamides is 1. The first-order chi connectivity index (χ1) is 11.5. The molecule has 6 heteroatoms. The van der Waals surface area contributed by atoms with Crippen molar-refractivity contribution in [3.05, 3.63) is 29.3 Å². The molecule has 1 saturated carbocycles. The van der Waals surface area contributed by atoms with E-state index >= 15 is 0 Å². The molecule has 25 heavy (non-hydrogen) atoms. The zero-order valence-corrected chi connectivity index (χ0v) is 17.0. The number of piperidine rings is 1. The average molecular weight is 387 g/mol. The lowest BCUT2D eigenvalue weighted by molar-refractivity contribution is 0.288. The highest BCUT2D eigenvalue weighted by Gasteiger charge is 2.30. The molecule has 0 aromatic heterocycles. The number of halogens is 1. The highest BCUT2D eigenvalue weighted by molar-refractivity contribution is 7.89. The summed E-state index contributed by atoms with van der Waals surface area (Å²) in [6, 6.07) is 6.12. The Morgan fingerprint density at radius 3 is 2.24 bits per heavy atom. The number of nitrogens with one attached hydrogen (secondary N) is 1. The van der Waals surface area contributed by atoms with Crippen molar-refractivity contribution in [1.82, 2.24) is 9.62 Å². The third kappa shape index (κ3) is 4.97. The number of nitrogens with zero attached hydrogens (tertiary/aromatic N) is 1. The summed E-state index contributed by atoms with van der Waals surface area (Å²) >= 11 is 0. The minimum absolute atomic E-state index is 0. The SMILES string of the molecule is CCc1ccc(S(=O)(=O)N2CCC(NCC3CC3)CC2)cc1CC.Cl. The van der Waals surface area contributed by atoms with Gasteiger partial charge in [0.05, 0.1) is 4.90 Å². The maximum atomic E-state index is 12.9. The Kier molecular flexibility index (Phi) is 7.32.